The third-order valence-electron chi connectivity index (χ3n) is 3.62. The summed E-state index contributed by atoms with van der Waals surface area (Å²) in [5.41, 5.74) is 0. The minimum absolute atomic E-state index is 0.108. The minimum atomic E-state index is -0.764. The molecule has 0 spiro atoms. The van der Waals surface area contributed by atoms with Gasteiger partial charge in [0.15, 0.2) is 5.82 Å². The minimum Gasteiger partial charge on any atom is -0.481 e. The summed E-state index contributed by atoms with van der Waals surface area (Å²) in [6.45, 7) is 0. The fourth-order valence-corrected chi connectivity index (χ4v) is 3.25. The van der Waals surface area contributed by atoms with Crippen LogP contribution in [0.4, 0.5) is 0 Å². The topological polar surface area (TPSA) is 68.0 Å². The SMILES string of the molecule is Cn1nc(-c2cccs2)nc1C1CC=CCC1C(=O)O. The zero-order valence-electron chi connectivity index (χ0n) is 11.1. The van der Waals surface area contributed by atoms with Gasteiger partial charge in [0.05, 0.1) is 10.8 Å². The highest BCUT2D eigenvalue weighted by Crippen LogP contribution is 2.34. The smallest absolute Gasteiger partial charge is 0.307 e. The van der Waals surface area contributed by atoms with E-state index in [1.807, 2.05) is 36.7 Å². The van der Waals surface area contributed by atoms with Crippen LogP contribution in [0.3, 0.4) is 0 Å². The fourth-order valence-electron chi connectivity index (χ4n) is 2.60. The number of hydrogen-bond acceptors (Lipinski definition) is 4. The number of hydrogen-bond donors (Lipinski definition) is 1. The second-order valence-corrected chi connectivity index (χ2v) is 5.84. The number of aliphatic carboxylic acids is 1. The first-order chi connectivity index (χ1) is 9.66. The highest BCUT2D eigenvalue weighted by molar-refractivity contribution is 7.13. The molecule has 0 bridgehead atoms. The van der Waals surface area contributed by atoms with Crippen LogP contribution in [0.15, 0.2) is 29.7 Å². The third-order valence-corrected chi connectivity index (χ3v) is 4.49. The Kier molecular flexibility index (Phi) is 3.40. The maximum Gasteiger partial charge on any atom is 0.307 e. The van der Waals surface area contributed by atoms with Crippen molar-refractivity contribution in [1.29, 1.82) is 0 Å². The Morgan fingerprint density at radius 1 is 1.45 bits per heavy atom. The van der Waals surface area contributed by atoms with E-state index in [4.69, 9.17) is 0 Å². The molecule has 0 aliphatic heterocycles. The van der Waals surface area contributed by atoms with Crippen LogP contribution in [0.1, 0.15) is 24.6 Å². The van der Waals surface area contributed by atoms with Gasteiger partial charge in [-0.2, -0.15) is 5.10 Å². The number of nitrogens with zero attached hydrogens (tertiary/aromatic N) is 3. The number of carboxylic acid groups (broad SMARTS) is 1. The summed E-state index contributed by atoms with van der Waals surface area (Å²) in [5, 5.41) is 15.8. The Morgan fingerprint density at radius 3 is 2.95 bits per heavy atom. The maximum atomic E-state index is 11.4. The van der Waals surface area contributed by atoms with Gasteiger partial charge in [0.25, 0.3) is 0 Å². The molecule has 1 N–H and O–H groups in total. The van der Waals surface area contributed by atoms with Gasteiger partial charge in [-0.1, -0.05) is 18.2 Å². The van der Waals surface area contributed by atoms with E-state index in [9.17, 15) is 9.90 Å². The lowest BCUT2D eigenvalue weighted by molar-refractivity contribution is -0.142. The lowest BCUT2D eigenvalue weighted by atomic mass is 9.82. The van der Waals surface area contributed by atoms with Gasteiger partial charge in [-0.15, -0.1) is 11.3 Å². The second kappa shape index (κ2) is 5.20. The van der Waals surface area contributed by atoms with E-state index in [-0.39, 0.29) is 5.92 Å². The van der Waals surface area contributed by atoms with Crippen molar-refractivity contribution in [2.45, 2.75) is 18.8 Å². The number of thiophene rings is 1. The summed E-state index contributed by atoms with van der Waals surface area (Å²) < 4.78 is 1.72. The molecule has 1 aliphatic carbocycles. The van der Waals surface area contributed by atoms with Gasteiger partial charge in [-0.25, -0.2) is 4.98 Å². The zero-order chi connectivity index (χ0) is 14.1. The molecule has 2 heterocycles. The van der Waals surface area contributed by atoms with Gasteiger partial charge >= 0.3 is 5.97 Å². The van der Waals surface area contributed by atoms with Crippen molar-refractivity contribution in [3.05, 3.63) is 35.5 Å². The molecule has 6 heteroatoms. The predicted molar refractivity (Wildman–Crippen MR) is 76.6 cm³/mol. The van der Waals surface area contributed by atoms with Crippen molar-refractivity contribution < 1.29 is 9.90 Å². The number of allylic oxidation sites excluding steroid dienone is 2. The lowest BCUT2D eigenvalue weighted by Gasteiger charge is -2.23. The molecule has 2 atom stereocenters. The normalized spacial score (nSPS) is 22.1. The molecule has 2 aromatic rings. The van der Waals surface area contributed by atoms with E-state index in [2.05, 4.69) is 10.1 Å². The van der Waals surface area contributed by atoms with Crippen LogP contribution < -0.4 is 0 Å². The molecule has 104 valence electrons. The molecule has 0 fully saturated rings. The Hall–Kier alpha value is -1.95. The van der Waals surface area contributed by atoms with Crippen LogP contribution in [0, 0.1) is 5.92 Å². The summed E-state index contributed by atoms with van der Waals surface area (Å²) in [6, 6.07) is 3.93. The van der Waals surface area contributed by atoms with Gasteiger partial charge in [-0.05, 0) is 24.3 Å². The van der Waals surface area contributed by atoms with Crippen LogP contribution in [0.5, 0.6) is 0 Å². The Labute approximate surface area is 120 Å². The van der Waals surface area contributed by atoms with Crippen LogP contribution in [0.25, 0.3) is 10.7 Å². The number of carbonyl (C=O) groups is 1. The number of aromatic nitrogens is 3. The van der Waals surface area contributed by atoms with E-state index in [0.29, 0.717) is 18.7 Å². The van der Waals surface area contributed by atoms with Crippen molar-refractivity contribution in [2.24, 2.45) is 13.0 Å². The van der Waals surface area contributed by atoms with Crippen molar-refractivity contribution in [3.8, 4) is 10.7 Å². The van der Waals surface area contributed by atoms with Crippen molar-refractivity contribution >= 4 is 17.3 Å². The van der Waals surface area contributed by atoms with Gasteiger partial charge < -0.3 is 5.11 Å². The fraction of sp³-hybridized carbons (Fsp3) is 0.357. The van der Waals surface area contributed by atoms with Gasteiger partial charge in [-0.3, -0.25) is 9.48 Å². The summed E-state index contributed by atoms with van der Waals surface area (Å²) in [6.07, 6.45) is 5.23. The molecule has 0 aromatic carbocycles. The molecule has 0 amide bonds. The summed E-state index contributed by atoms with van der Waals surface area (Å²) in [7, 11) is 1.83. The average Bonchev–Trinajstić information content (AvgIpc) is 3.07. The van der Waals surface area contributed by atoms with Crippen molar-refractivity contribution in [2.75, 3.05) is 0 Å². The Morgan fingerprint density at radius 2 is 2.25 bits per heavy atom. The monoisotopic (exact) mass is 289 g/mol. The van der Waals surface area contributed by atoms with Crippen molar-refractivity contribution in [3.63, 3.8) is 0 Å². The van der Waals surface area contributed by atoms with Crippen LogP contribution in [0.2, 0.25) is 0 Å². The van der Waals surface area contributed by atoms with E-state index in [1.165, 1.54) is 0 Å². The molecule has 0 saturated heterocycles. The quantitative estimate of drug-likeness (QED) is 0.882. The van der Waals surface area contributed by atoms with E-state index < -0.39 is 11.9 Å². The zero-order valence-corrected chi connectivity index (χ0v) is 11.9. The highest BCUT2D eigenvalue weighted by atomic mass is 32.1. The largest absolute Gasteiger partial charge is 0.481 e. The lowest BCUT2D eigenvalue weighted by Crippen LogP contribution is -2.25. The molecular weight excluding hydrogens is 274 g/mol. The van der Waals surface area contributed by atoms with Crippen LogP contribution in [-0.2, 0) is 11.8 Å². The maximum absolute atomic E-state index is 11.4. The molecule has 2 aromatic heterocycles. The summed E-state index contributed by atoms with van der Waals surface area (Å²) in [5.74, 6) is 0.143. The van der Waals surface area contributed by atoms with Crippen LogP contribution in [-0.4, -0.2) is 25.8 Å². The number of aryl methyl sites for hydroxylation is 1. The first-order valence-corrected chi connectivity index (χ1v) is 7.37. The third kappa shape index (κ3) is 2.27. The number of carboxylic acids is 1. The Bertz CT molecular complexity index is 645. The average molecular weight is 289 g/mol. The molecule has 3 rings (SSSR count). The van der Waals surface area contributed by atoms with Gasteiger partial charge in [0.2, 0.25) is 0 Å². The molecule has 1 aliphatic rings. The number of rotatable bonds is 3. The molecule has 0 radical (unpaired) electrons. The molecule has 0 saturated carbocycles. The van der Waals surface area contributed by atoms with E-state index in [1.54, 1.807) is 16.0 Å². The first kappa shape index (κ1) is 13.1. The van der Waals surface area contributed by atoms with Gasteiger partial charge in [0, 0.05) is 13.0 Å². The molecular formula is C14H15N3O2S. The molecule has 5 nitrogen and oxygen atoms in total. The highest BCUT2D eigenvalue weighted by Gasteiger charge is 2.33. The second-order valence-electron chi connectivity index (χ2n) is 4.89. The van der Waals surface area contributed by atoms with Crippen LogP contribution >= 0.6 is 11.3 Å². The first-order valence-electron chi connectivity index (χ1n) is 6.49. The van der Waals surface area contributed by atoms with Gasteiger partial charge in [0.1, 0.15) is 5.82 Å². The van der Waals surface area contributed by atoms with E-state index in [0.717, 1.165) is 10.7 Å². The summed E-state index contributed by atoms with van der Waals surface area (Å²) in [4.78, 5) is 17.0. The predicted octanol–water partition coefficient (Wildman–Crippen LogP) is 2.68. The summed E-state index contributed by atoms with van der Waals surface area (Å²) >= 11 is 1.58. The van der Waals surface area contributed by atoms with E-state index >= 15 is 0 Å². The van der Waals surface area contributed by atoms with Crippen molar-refractivity contribution in [1.82, 2.24) is 14.8 Å². The Balaban J connectivity index is 1.97. The molecule has 2 unspecified atom stereocenters. The molecule has 20 heavy (non-hydrogen) atoms. The standard InChI is InChI=1S/C14H15N3O2S/c1-17-13(9-5-2-3-6-10(9)14(18)19)15-12(16-17)11-7-4-8-20-11/h2-4,7-10H,5-6H2,1H3,(H,18,19).